The SMILES string of the molecule is Cn1nccc1C(=O)N[C@H](C(=O)Nc1cccc(C2(C(=O)NCC3(C)CCC3)CCOC2)c1)C(C1CCCCCCC1)C1CC1. The van der Waals surface area contributed by atoms with Gasteiger partial charge < -0.3 is 20.7 Å². The molecule has 45 heavy (non-hydrogen) atoms. The van der Waals surface area contributed by atoms with Crippen LogP contribution in [0.1, 0.15) is 106 Å². The lowest BCUT2D eigenvalue weighted by molar-refractivity contribution is -0.127. The van der Waals surface area contributed by atoms with E-state index in [1.165, 1.54) is 38.5 Å². The van der Waals surface area contributed by atoms with Crippen molar-refractivity contribution in [1.29, 1.82) is 0 Å². The second-order valence-electron chi connectivity index (χ2n) is 14.6. The molecular formula is C36H51N5O4. The third-order valence-corrected chi connectivity index (χ3v) is 11.2. The number of aromatic nitrogens is 2. The summed E-state index contributed by atoms with van der Waals surface area (Å²) in [5.74, 6) is 0.433. The molecule has 2 heterocycles. The summed E-state index contributed by atoms with van der Waals surface area (Å²) >= 11 is 0. The van der Waals surface area contributed by atoms with E-state index in [1.54, 1.807) is 24.0 Å². The van der Waals surface area contributed by atoms with Gasteiger partial charge in [-0.2, -0.15) is 5.10 Å². The van der Waals surface area contributed by atoms with E-state index in [1.807, 2.05) is 24.3 Å². The van der Waals surface area contributed by atoms with Crippen molar-refractivity contribution in [3.63, 3.8) is 0 Å². The Kier molecular flexibility index (Phi) is 9.64. The first-order valence-electron chi connectivity index (χ1n) is 17.3. The molecule has 1 aliphatic heterocycles. The molecule has 3 atom stereocenters. The van der Waals surface area contributed by atoms with Crippen molar-refractivity contribution >= 4 is 23.4 Å². The third kappa shape index (κ3) is 7.13. The molecule has 3 saturated carbocycles. The molecule has 244 valence electrons. The fraction of sp³-hybridized carbons (Fsp3) is 0.667. The Balaban J connectivity index is 1.24. The number of carbonyl (C=O) groups is 3. The van der Waals surface area contributed by atoms with Gasteiger partial charge in [-0.15, -0.1) is 0 Å². The van der Waals surface area contributed by atoms with Gasteiger partial charge in [0.15, 0.2) is 0 Å². The van der Waals surface area contributed by atoms with Crippen molar-refractivity contribution in [2.75, 3.05) is 25.1 Å². The van der Waals surface area contributed by atoms with Gasteiger partial charge >= 0.3 is 0 Å². The van der Waals surface area contributed by atoms with Crippen LogP contribution in [0.25, 0.3) is 0 Å². The number of hydrogen-bond acceptors (Lipinski definition) is 5. The fourth-order valence-electron chi connectivity index (χ4n) is 8.07. The number of anilines is 1. The van der Waals surface area contributed by atoms with Crippen LogP contribution in [-0.4, -0.2) is 53.3 Å². The molecule has 2 aromatic rings. The van der Waals surface area contributed by atoms with Gasteiger partial charge in [-0.05, 0) is 79.0 Å². The number of rotatable bonds is 11. The van der Waals surface area contributed by atoms with Crippen LogP contribution >= 0.6 is 0 Å². The van der Waals surface area contributed by atoms with Crippen LogP contribution in [-0.2, 0) is 26.8 Å². The van der Waals surface area contributed by atoms with E-state index in [4.69, 9.17) is 4.74 Å². The number of nitrogens with zero attached hydrogens (tertiary/aromatic N) is 2. The van der Waals surface area contributed by atoms with Crippen LogP contribution < -0.4 is 16.0 Å². The highest BCUT2D eigenvalue weighted by molar-refractivity contribution is 6.01. The Labute approximate surface area is 267 Å². The largest absolute Gasteiger partial charge is 0.380 e. The summed E-state index contributed by atoms with van der Waals surface area (Å²) < 4.78 is 7.36. The van der Waals surface area contributed by atoms with Crippen LogP contribution in [0.2, 0.25) is 0 Å². The summed E-state index contributed by atoms with van der Waals surface area (Å²) in [6.45, 7) is 3.75. The average Bonchev–Trinajstić information content (AvgIpc) is 3.52. The fourth-order valence-corrected chi connectivity index (χ4v) is 8.07. The van der Waals surface area contributed by atoms with E-state index >= 15 is 0 Å². The molecule has 1 saturated heterocycles. The van der Waals surface area contributed by atoms with Crippen molar-refractivity contribution in [1.82, 2.24) is 20.4 Å². The highest BCUT2D eigenvalue weighted by Gasteiger charge is 2.46. The molecule has 9 heteroatoms. The predicted octanol–water partition coefficient (Wildman–Crippen LogP) is 5.51. The van der Waals surface area contributed by atoms with Gasteiger partial charge in [0.05, 0.1) is 12.0 Å². The van der Waals surface area contributed by atoms with E-state index in [0.29, 0.717) is 49.4 Å². The number of hydrogen-bond donors (Lipinski definition) is 3. The summed E-state index contributed by atoms with van der Waals surface area (Å²) in [7, 11) is 1.74. The quantitative estimate of drug-likeness (QED) is 0.308. The molecule has 6 rings (SSSR count). The molecule has 1 aromatic carbocycles. The van der Waals surface area contributed by atoms with Gasteiger partial charge in [0.25, 0.3) is 5.91 Å². The summed E-state index contributed by atoms with van der Waals surface area (Å²) in [6, 6.07) is 8.71. The highest BCUT2D eigenvalue weighted by Crippen LogP contribution is 2.46. The van der Waals surface area contributed by atoms with Crippen molar-refractivity contribution in [2.45, 2.75) is 102 Å². The number of carbonyl (C=O) groups excluding carboxylic acids is 3. The lowest BCUT2D eigenvalue weighted by Gasteiger charge is -2.39. The highest BCUT2D eigenvalue weighted by atomic mass is 16.5. The minimum atomic E-state index is -0.788. The zero-order chi connectivity index (χ0) is 31.4. The zero-order valence-corrected chi connectivity index (χ0v) is 27.1. The first-order chi connectivity index (χ1) is 21.8. The molecule has 0 radical (unpaired) electrons. The van der Waals surface area contributed by atoms with Crippen LogP contribution in [0.4, 0.5) is 5.69 Å². The molecule has 4 aliphatic rings. The molecule has 0 bridgehead atoms. The molecular weight excluding hydrogens is 566 g/mol. The van der Waals surface area contributed by atoms with Gasteiger partial charge in [-0.25, -0.2) is 0 Å². The minimum Gasteiger partial charge on any atom is -0.380 e. The van der Waals surface area contributed by atoms with E-state index in [-0.39, 0.29) is 29.1 Å². The maximum Gasteiger partial charge on any atom is 0.270 e. The van der Waals surface area contributed by atoms with Crippen molar-refractivity contribution in [3.8, 4) is 0 Å². The molecule has 0 spiro atoms. The van der Waals surface area contributed by atoms with E-state index in [9.17, 15) is 14.4 Å². The van der Waals surface area contributed by atoms with Crippen LogP contribution in [0, 0.1) is 23.2 Å². The van der Waals surface area contributed by atoms with Gasteiger partial charge in [0, 0.05) is 32.1 Å². The van der Waals surface area contributed by atoms with Crippen molar-refractivity contribution in [3.05, 3.63) is 47.8 Å². The van der Waals surface area contributed by atoms with E-state index in [0.717, 1.165) is 44.1 Å². The summed E-state index contributed by atoms with van der Waals surface area (Å²) in [4.78, 5) is 41.6. The third-order valence-electron chi connectivity index (χ3n) is 11.2. The predicted molar refractivity (Wildman–Crippen MR) is 174 cm³/mol. The molecule has 4 fully saturated rings. The number of aryl methyl sites for hydroxylation is 1. The average molecular weight is 618 g/mol. The first-order valence-corrected chi connectivity index (χ1v) is 17.3. The Morgan fingerprint density at radius 3 is 2.33 bits per heavy atom. The molecule has 3 aliphatic carbocycles. The Morgan fingerprint density at radius 1 is 0.978 bits per heavy atom. The van der Waals surface area contributed by atoms with Crippen LogP contribution in [0.15, 0.2) is 36.5 Å². The lowest BCUT2D eigenvalue weighted by Crippen LogP contribution is -2.51. The number of ether oxygens (including phenoxy) is 1. The van der Waals surface area contributed by atoms with Crippen LogP contribution in [0.5, 0.6) is 0 Å². The first kappa shape index (κ1) is 31.8. The van der Waals surface area contributed by atoms with Gasteiger partial charge in [-0.1, -0.05) is 70.4 Å². The van der Waals surface area contributed by atoms with Gasteiger partial charge in [0.1, 0.15) is 11.7 Å². The van der Waals surface area contributed by atoms with Crippen LogP contribution in [0.3, 0.4) is 0 Å². The second-order valence-corrected chi connectivity index (χ2v) is 14.6. The molecule has 1 aromatic heterocycles. The zero-order valence-electron chi connectivity index (χ0n) is 27.1. The van der Waals surface area contributed by atoms with E-state index < -0.39 is 11.5 Å². The number of nitrogens with one attached hydrogen (secondary N) is 3. The monoisotopic (exact) mass is 617 g/mol. The topological polar surface area (TPSA) is 114 Å². The Bertz CT molecular complexity index is 1350. The summed E-state index contributed by atoms with van der Waals surface area (Å²) in [5.41, 5.74) is 1.31. The van der Waals surface area contributed by atoms with Crippen molar-refractivity contribution in [2.24, 2.45) is 30.2 Å². The van der Waals surface area contributed by atoms with E-state index in [2.05, 4.69) is 28.0 Å². The second kappa shape index (κ2) is 13.7. The number of benzene rings is 1. The number of amides is 3. The molecule has 3 N–H and O–H groups in total. The van der Waals surface area contributed by atoms with Gasteiger partial charge in [-0.3, -0.25) is 19.1 Å². The van der Waals surface area contributed by atoms with Gasteiger partial charge in [0.2, 0.25) is 11.8 Å². The maximum atomic E-state index is 14.3. The Morgan fingerprint density at radius 2 is 1.71 bits per heavy atom. The molecule has 9 nitrogen and oxygen atoms in total. The molecule has 3 amide bonds. The lowest BCUT2D eigenvalue weighted by atomic mass is 9.70. The standard InChI is InChI=1S/C36H51N5O4/c1-35(17-9-18-35)23-37-34(44)36(19-21-45-24-36)27-12-8-13-28(22-27)39-33(43)31(40-32(42)29-16-20-38-41(29)2)30(26-14-15-26)25-10-6-4-3-5-7-11-25/h8,12-13,16,20,22,25-26,30-31H,3-7,9-11,14-15,17-19,21,23-24H2,1-2H3,(H,37,44)(H,39,43)(H,40,42)/t30?,31-,36?/m0/s1. The van der Waals surface area contributed by atoms with Crippen molar-refractivity contribution < 1.29 is 19.1 Å². The minimum absolute atomic E-state index is 0.00371. The normalized spacial score (nSPS) is 24.8. The smallest absolute Gasteiger partial charge is 0.270 e. The summed E-state index contributed by atoms with van der Waals surface area (Å²) in [5, 5.41) is 13.8. The Hall–Kier alpha value is -3.20. The maximum absolute atomic E-state index is 14.3. The molecule has 2 unspecified atom stereocenters. The summed E-state index contributed by atoms with van der Waals surface area (Å²) in [6.07, 6.45) is 16.2.